The minimum Gasteiger partial charge on any atom is -0.494 e. The van der Waals surface area contributed by atoms with Crippen LogP contribution in [0.1, 0.15) is 33.1 Å². The first-order valence-corrected chi connectivity index (χ1v) is 8.42. The van der Waals surface area contributed by atoms with Gasteiger partial charge in [0.1, 0.15) is 5.75 Å². The number of hydrogen-bond donors (Lipinski definition) is 0. The Morgan fingerprint density at radius 1 is 1.28 bits per heavy atom. The summed E-state index contributed by atoms with van der Waals surface area (Å²) >= 11 is 0. The molecule has 1 aromatic carbocycles. The van der Waals surface area contributed by atoms with Crippen molar-refractivity contribution in [2.24, 2.45) is 5.92 Å². The summed E-state index contributed by atoms with van der Waals surface area (Å²) in [6.07, 6.45) is 3.33. The predicted molar refractivity (Wildman–Crippen MR) is 73.7 cm³/mol. The minimum absolute atomic E-state index is 0.0936. The summed E-state index contributed by atoms with van der Waals surface area (Å²) in [4.78, 5) is 0.0936. The van der Waals surface area contributed by atoms with Gasteiger partial charge < -0.3 is 4.74 Å². The van der Waals surface area contributed by atoms with Crippen LogP contribution in [0.25, 0.3) is 0 Å². The van der Waals surface area contributed by atoms with Crippen LogP contribution >= 0.6 is 10.7 Å². The van der Waals surface area contributed by atoms with E-state index >= 15 is 0 Å². The number of ether oxygens (including phenoxy) is 1. The van der Waals surface area contributed by atoms with Crippen molar-refractivity contribution in [1.82, 2.24) is 0 Å². The van der Waals surface area contributed by atoms with Crippen molar-refractivity contribution >= 4 is 19.7 Å². The second-order valence-corrected chi connectivity index (χ2v) is 6.98. The second-order valence-electron chi connectivity index (χ2n) is 4.41. The third-order valence-corrected chi connectivity index (χ3v) is 4.28. The van der Waals surface area contributed by atoms with Crippen molar-refractivity contribution in [1.29, 1.82) is 0 Å². The Morgan fingerprint density at radius 3 is 2.39 bits per heavy atom. The van der Waals surface area contributed by atoms with E-state index in [-0.39, 0.29) is 4.90 Å². The molecule has 1 atom stereocenters. The Kier molecular flexibility index (Phi) is 5.96. The fourth-order valence-corrected chi connectivity index (χ4v) is 2.29. The molecule has 0 fully saturated rings. The van der Waals surface area contributed by atoms with Gasteiger partial charge in [-0.15, -0.1) is 0 Å². The van der Waals surface area contributed by atoms with E-state index in [4.69, 9.17) is 15.4 Å². The Hall–Kier alpha value is -0.740. The van der Waals surface area contributed by atoms with Crippen LogP contribution in [-0.4, -0.2) is 15.0 Å². The zero-order valence-corrected chi connectivity index (χ0v) is 12.3. The van der Waals surface area contributed by atoms with Crippen LogP contribution in [0.15, 0.2) is 29.2 Å². The van der Waals surface area contributed by atoms with Gasteiger partial charge in [0.15, 0.2) is 0 Å². The molecule has 102 valence electrons. The van der Waals surface area contributed by atoms with Gasteiger partial charge in [0.2, 0.25) is 0 Å². The van der Waals surface area contributed by atoms with Crippen LogP contribution in [0.3, 0.4) is 0 Å². The number of hydrogen-bond acceptors (Lipinski definition) is 3. The summed E-state index contributed by atoms with van der Waals surface area (Å²) in [5, 5.41) is 0. The first-order valence-electron chi connectivity index (χ1n) is 6.11. The molecule has 0 bridgehead atoms. The van der Waals surface area contributed by atoms with E-state index in [2.05, 4.69) is 13.8 Å². The van der Waals surface area contributed by atoms with Gasteiger partial charge >= 0.3 is 0 Å². The van der Waals surface area contributed by atoms with Crippen molar-refractivity contribution in [3.63, 3.8) is 0 Å². The normalized spacial score (nSPS) is 13.3. The smallest absolute Gasteiger partial charge is 0.261 e. The summed E-state index contributed by atoms with van der Waals surface area (Å²) < 4.78 is 27.6. The maximum Gasteiger partial charge on any atom is 0.261 e. The molecule has 0 amide bonds. The zero-order chi connectivity index (χ0) is 13.6. The van der Waals surface area contributed by atoms with E-state index in [1.165, 1.54) is 18.6 Å². The van der Waals surface area contributed by atoms with Crippen molar-refractivity contribution in [2.45, 2.75) is 38.0 Å². The highest BCUT2D eigenvalue weighted by Gasteiger charge is 2.09. The summed E-state index contributed by atoms with van der Waals surface area (Å²) in [5.41, 5.74) is 0. The molecule has 18 heavy (non-hydrogen) atoms. The van der Waals surface area contributed by atoms with E-state index in [0.29, 0.717) is 12.4 Å². The van der Waals surface area contributed by atoms with Gasteiger partial charge in [0.25, 0.3) is 9.05 Å². The molecule has 0 heterocycles. The van der Waals surface area contributed by atoms with Crippen LogP contribution in [0.2, 0.25) is 0 Å². The van der Waals surface area contributed by atoms with E-state index < -0.39 is 9.05 Å². The molecule has 5 heteroatoms. The molecule has 0 spiro atoms. The van der Waals surface area contributed by atoms with E-state index in [0.717, 1.165) is 18.8 Å². The predicted octanol–water partition coefficient (Wildman–Crippen LogP) is 3.82. The summed E-state index contributed by atoms with van der Waals surface area (Å²) in [6.45, 7) is 5.05. The Labute approximate surface area is 114 Å². The third-order valence-electron chi connectivity index (χ3n) is 2.91. The lowest BCUT2D eigenvalue weighted by Crippen LogP contribution is -2.01. The number of benzene rings is 1. The first kappa shape index (κ1) is 15.3. The van der Waals surface area contributed by atoms with Crippen LogP contribution in [0, 0.1) is 5.92 Å². The van der Waals surface area contributed by atoms with Gasteiger partial charge in [-0.25, -0.2) is 8.42 Å². The quantitative estimate of drug-likeness (QED) is 0.566. The molecular formula is C13H19ClO3S. The van der Waals surface area contributed by atoms with Crippen molar-refractivity contribution in [3.05, 3.63) is 24.3 Å². The Bertz CT molecular complexity index is 454. The molecule has 0 N–H and O–H groups in total. The molecule has 0 aliphatic heterocycles. The minimum atomic E-state index is -3.64. The molecule has 1 aromatic rings. The molecule has 0 radical (unpaired) electrons. The molecule has 3 nitrogen and oxygen atoms in total. The van der Waals surface area contributed by atoms with Gasteiger partial charge in [0.05, 0.1) is 11.5 Å². The maximum atomic E-state index is 11.0. The van der Waals surface area contributed by atoms with Gasteiger partial charge in [-0.05, 0) is 43.0 Å². The second kappa shape index (κ2) is 7.00. The van der Waals surface area contributed by atoms with Gasteiger partial charge in [-0.1, -0.05) is 20.3 Å². The van der Waals surface area contributed by atoms with E-state index in [1.54, 1.807) is 12.1 Å². The van der Waals surface area contributed by atoms with Crippen LogP contribution in [-0.2, 0) is 9.05 Å². The molecule has 0 aromatic heterocycles. The largest absolute Gasteiger partial charge is 0.494 e. The average molecular weight is 291 g/mol. The van der Waals surface area contributed by atoms with E-state index in [1.807, 2.05) is 0 Å². The molecular weight excluding hydrogens is 272 g/mol. The van der Waals surface area contributed by atoms with Crippen molar-refractivity contribution in [3.8, 4) is 5.75 Å². The van der Waals surface area contributed by atoms with Crippen molar-refractivity contribution in [2.75, 3.05) is 6.61 Å². The van der Waals surface area contributed by atoms with Gasteiger partial charge in [-0.3, -0.25) is 0 Å². The maximum absolute atomic E-state index is 11.0. The molecule has 0 saturated heterocycles. The zero-order valence-electron chi connectivity index (χ0n) is 10.7. The SMILES string of the molecule is CCC(C)CCCOc1ccc(S(=O)(=O)Cl)cc1. The van der Waals surface area contributed by atoms with E-state index in [9.17, 15) is 8.42 Å². The standard InChI is InChI=1S/C13H19ClO3S/c1-3-11(2)5-4-10-17-12-6-8-13(9-7-12)18(14,15)16/h6-9,11H,3-5,10H2,1-2H3. The lowest BCUT2D eigenvalue weighted by atomic mass is 10.0. The highest BCUT2D eigenvalue weighted by Crippen LogP contribution is 2.19. The third kappa shape index (κ3) is 5.27. The highest BCUT2D eigenvalue weighted by molar-refractivity contribution is 8.13. The van der Waals surface area contributed by atoms with Crippen LogP contribution in [0.4, 0.5) is 0 Å². The number of halogens is 1. The molecule has 1 unspecified atom stereocenters. The van der Waals surface area contributed by atoms with Gasteiger partial charge in [0, 0.05) is 10.7 Å². The monoisotopic (exact) mass is 290 g/mol. The summed E-state index contributed by atoms with van der Waals surface area (Å²) in [6, 6.07) is 6.15. The van der Waals surface area contributed by atoms with Crippen LogP contribution in [0.5, 0.6) is 5.75 Å². The van der Waals surface area contributed by atoms with Crippen LogP contribution < -0.4 is 4.74 Å². The molecule has 0 aliphatic rings. The number of rotatable bonds is 7. The Balaban J connectivity index is 2.40. The first-order chi connectivity index (χ1) is 8.43. The Morgan fingerprint density at radius 2 is 1.89 bits per heavy atom. The molecule has 1 rings (SSSR count). The summed E-state index contributed by atoms with van der Waals surface area (Å²) in [7, 11) is 1.58. The average Bonchev–Trinajstić information content (AvgIpc) is 2.33. The lowest BCUT2D eigenvalue weighted by Gasteiger charge is -2.09. The lowest BCUT2D eigenvalue weighted by molar-refractivity contribution is 0.293. The topological polar surface area (TPSA) is 43.4 Å². The fourth-order valence-electron chi connectivity index (χ4n) is 1.52. The molecule has 0 aliphatic carbocycles. The highest BCUT2D eigenvalue weighted by atomic mass is 35.7. The van der Waals surface area contributed by atoms with Gasteiger partial charge in [-0.2, -0.15) is 0 Å². The summed E-state index contributed by atoms with van der Waals surface area (Å²) in [5.74, 6) is 1.39. The fraction of sp³-hybridized carbons (Fsp3) is 0.538. The molecule has 0 saturated carbocycles. The van der Waals surface area contributed by atoms with Crippen molar-refractivity contribution < 1.29 is 13.2 Å².